The van der Waals surface area contributed by atoms with Gasteiger partial charge in [0.2, 0.25) is 5.89 Å². The van der Waals surface area contributed by atoms with E-state index >= 15 is 0 Å². The average molecular weight is 281 g/mol. The molecule has 0 bridgehead atoms. The van der Waals surface area contributed by atoms with Gasteiger partial charge in [0.05, 0.1) is 12.8 Å². The molecule has 1 aliphatic heterocycles. The second-order valence-corrected chi connectivity index (χ2v) is 5.21. The highest BCUT2D eigenvalue weighted by Crippen LogP contribution is 2.22. The molecule has 0 saturated heterocycles. The van der Waals surface area contributed by atoms with E-state index in [1.807, 2.05) is 6.07 Å². The van der Waals surface area contributed by atoms with Crippen LogP contribution in [0.1, 0.15) is 17.0 Å². The lowest BCUT2D eigenvalue weighted by Gasteiger charge is -2.27. The van der Waals surface area contributed by atoms with Crippen molar-refractivity contribution in [3.05, 3.63) is 59.7 Å². The van der Waals surface area contributed by atoms with Crippen LogP contribution in [0.2, 0.25) is 0 Å². The van der Waals surface area contributed by atoms with Crippen molar-refractivity contribution in [2.24, 2.45) is 0 Å². The van der Waals surface area contributed by atoms with Gasteiger partial charge in [-0.2, -0.15) is 0 Å². The van der Waals surface area contributed by atoms with Crippen molar-refractivity contribution in [2.45, 2.75) is 19.5 Å². The van der Waals surface area contributed by atoms with Gasteiger partial charge in [0.1, 0.15) is 0 Å². The molecule has 5 nitrogen and oxygen atoms in total. The van der Waals surface area contributed by atoms with Gasteiger partial charge in [-0.3, -0.25) is 4.90 Å². The maximum absolute atomic E-state index is 5.66. The molecule has 0 N–H and O–H groups in total. The van der Waals surface area contributed by atoms with Crippen LogP contribution in [0.4, 0.5) is 0 Å². The topological polar surface area (TPSA) is 55.3 Å². The Morgan fingerprint density at radius 2 is 1.95 bits per heavy atom. The van der Waals surface area contributed by atoms with Gasteiger partial charge in [-0.05, 0) is 29.7 Å². The molecule has 0 fully saturated rings. The third kappa shape index (κ3) is 2.48. The van der Waals surface area contributed by atoms with Gasteiger partial charge >= 0.3 is 0 Å². The fourth-order valence-electron chi connectivity index (χ4n) is 2.70. The normalized spacial score (nSPS) is 15.0. The maximum atomic E-state index is 5.66. The summed E-state index contributed by atoms with van der Waals surface area (Å²) in [4.78, 5) is 2.32. The van der Waals surface area contributed by atoms with Gasteiger partial charge in [-0.15, -0.1) is 10.2 Å². The molecule has 0 radical (unpaired) electrons. The molecule has 1 aromatic carbocycles. The summed E-state index contributed by atoms with van der Waals surface area (Å²) in [5, 5.41) is 8.14. The standard InChI is InChI=1S/C16H15N3O2/c1-2-5-13-10-19(8-7-12(13)4-1)11-15-17-18-16(21-15)14-6-3-9-20-14/h1-6,9H,7-8,10-11H2. The molecule has 0 unspecified atom stereocenters. The zero-order valence-corrected chi connectivity index (χ0v) is 11.5. The van der Waals surface area contributed by atoms with Crippen molar-refractivity contribution in [2.75, 3.05) is 6.54 Å². The molecule has 3 heterocycles. The Hall–Kier alpha value is -2.40. The summed E-state index contributed by atoms with van der Waals surface area (Å²) < 4.78 is 10.9. The van der Waals surface area contributed by atoms with E-state index in [0.29, 0.717) is 24.1 Å². The van der Waals surface area contributed by atoms with Crippen LogP contribution in [0, 0.1) is 0 Å². The molecule has 2 aromatic heterocycles. The van der Waals surface area contributed by atoms with E-state index in [1.165, 1.54) is 11.1 Å². The highest BCUT2D eigenvalue weighted by Gasteiger charge is 2.19. The summed E-state index contributed by atoms with van der Waals surface area (Å²) in [5.41, 5.74) is 2.82. The van der Waals surface area contributed by atoms with Crippen molar-refractivity contribution in [1.82, 2.24) is 15.1 Å². The minimum absolute atomic E-state index is 0.437. The first-order valence-corrected chi connectivity index (χ1v) is 7.04. The molecule has 0 amide bonds. The lowest BCUT2D eigenvalue weighted by molar-refractivity contribution is 0.221. The van der Waals surface area contributed by atoms with Crippen LogP contribution in [0.15, 0.2) is 51.5 Å². The van der Waals surface area contributed by atoms with Gasteiger partial charge in [-0.1, -0.05) is 24.3 Å². The van der Waals surface area contributed by atoms with Crippen LogP contribution >= 0.6 is 0 Å². The fraction of sp³-hybridized carbons (Fsp3) is 0.250. The Morgan fingerprint density at radius 1 is 1.05 bits per heavy atom. The SMILES string of the molecule is c1coc(-c2nnc(CN3CCc4ccccc4C3)o2)c1. The summed E-state index contributed by atoms with van der Waals surface area (Å²) in [6, 6.07) is 12.2. The van der Waals surface area contributed by atoms with E-state index in [0.717, 1.165) is 19.5 Å². The van der Waals surface area contributed by atoms with E-state index in [4.69, 9.17) is 8.83 Å². The number of benzene rings is 1. The number of furan rings is 1. The quantitative estimate of drug-likeness (QED) is 0.739. The number of nitrogens with zero attached hydrogens (tertiary/aromatic N) is 3. The summed E-state index contributed by atoms with van der Waals surface area (Å²) in [7, 11) is 0. The molecule has 4 rings (SSSR count). The van der Waals surface area contributed by atoms with Crippen LogP contribution in [0.25, 0.3) is 11.7 Å². The first-order chi connectivity index (χ1) is 10.4. The molecule has 106 valence electrons. The van der Waals surface area contributed by atoms with Gasteiger partial charge in [-0.25, -0.2) is 0 Å². The van der Waals surface area contributed by atoms with Crippen LogP contribution in [-0.4, -0.2) is 21.6 Å². The number of hydrogen-bond donors (Lipinski definition) is 0. The monoisotopic (exact) mass is 281 g/mol. The van der Waals surface area contributed by atoms with E-state index < -0.39 is 0 Å². The molecular weight excluding hydrogens is 266 g/mol. The molecule has 0 saturated carbocycles. The van der Waals surface area contributed by atoms with Crippen LogP contribution in [0.5, 0.6) is 0 Å². The fourth-order valence-corrected chi connectivity index (χ4v) is 2.70. The summed E-state index contributed by atoms with van der Waals surface area (Å²) >= 11 is 0. The number of rotatable bonds is 3. The Balaban J connectivity index is 1.48. The molecule has 0 spiro atoms. The summed E-state index contributed by atoms with van der Waals surface area (Å²) in [5.74, 6) is 1.67. The predicted octanol–water partition coefficient (Wildman–Crippen LogP) is 2.89. The van der Waals surface area contributed by atoms with E-state index in [-0.39, 0.29) is 0 Å². The highest BCUT2D eigenvalue weighted by atomic mass is 16.4. The predicted molar refractivity (Wildman–Crippen MR) is 76.3 cm³/mol. The van der Waals surface area contributed by atoms with Crippen molar-refractivity contribution >= 4 is 0 Å². The first-order valence-electron chi connectivity index (χ1n) is 7.04. The summed E-state index contributed by atoms with van der Waals surface area (Å²) in [6.45, 7) is 2.60. The van der Waals surface area contributed by atoms with Gasteiger partial charge in [0.15, 0.2) is 5.76 Å². The Kier molecular flexibility index (Phi) is 3.05. The van der Waals surface area contributed by atoms with Crippen molar-refractivity contribution in [3.63, 3.8) is 0 Å². The minimum atomic E-state index is 0.437. The zero-order valence-electron chi connectivity index (χ0n) is 11.5. The Morgan fingerprint density at radius 3 is 2.81 bits per heavy atom. The van der Waals surface area contributed by atoms with Crippen LogP contribution in [-0.2, 0) is 19.5 Å². The van der Waals surface area contributed by atoms with Crippen molar-refractivity contribution in [1.29, 1.82) is 0 Å². The molecule has 1 aliphatic rings. The first kappa shape index (κ1) is 12.3. The molecular formula is C16H15N3O2. The summed E-state index contributed by atoms with van der Waals surface area (Å²) in [6.07, 6.45) is 2.66. The number of aromatic nitrogens is 2. The lowest BCUT2D eigenvalue weighted by Crippen LogP contribution is -2.30. The van der Waals surface area contributed by atoms with Gasteiger partial charge in [0.25, 0.3) is 5.89 Å². The van der Waals surface area contributed by atoms with Crippen LogP contribution in [0.3, 0.4) is 0 Å². The zero-order chi connectivity index (χ0) is 14.1. The third-order valence-corrected chi connectivity index (χ3v) is 3.77. The second-order valence-electron chi connectivity index (χ2n) is 5.21. The second kappa shape index (κ2) is 5.18. The molecule has 0 aliphatic carbocycles. The Bertz CT molecular complexity index is 734. The lowest BCUT2D eigenvalue weighted by atomic mass is 10.00. The number of fused-ring (bicyclic) bond motifs is 1. The Labute approximate surface area is 122 Å². The molecule has 5 heteroatoms. The number of hydrogen-bond acceptors (Lipinski definition) is 5. The van der Waals surface area contributed by atoms with E-state index in [2.05, 4.69) is 39.4 Å². The van der Waals surface area contributed by atoms with Crippen molar-refractivity contribution in [3.8, 4) is 11.7 Å². The minimum Gasteiger partial charge on any atom is -0.459 e. The maximum Gasteiger partial charge on any atom is 0.283 e. The third-order valence-electron chi connectivity index (χ3n) is 3.77. The van der Waals surface area contributed by atoms with Gasteiger partial charge in [0, 0.05) is 13.1 Å². The molecule has 21 heavy (non-hydrogen) atoms. The largest absolute Gasteiger partial charge is 0.459 e. The molecule has 3 aromatic rings. The van der Waals surface area contributed by atoms with Crippen molar-refractivity contribution < 1.29 is 8.83 Å². The van der Waals surface area contributed by atoms with Crippen LogP contribution < -0.4 is 0 Å². The average Bonchev–Trinajstić information content (AvgIpc) is 3.18. The van der Waals surface area contributed by atoms with Gasteiger partial charge < -0.3 is 8.83 Å². The van der Waals surface area contributed by atoms with E-state index in [9.17, 15) is 0 Å². The smallest absolute Gasteiger partial charge is 0.283 e. The highest BCUT2D eigenvalue weighted by molar-refractivity contribution is 5.42. The molecule has 0 atom stereocenters. The van der Waals surface area contributed by atoms with E-state index in [1.54, 1.807) is 12.3 Å².